The minimum absolute atomic E-state index is 0.101. The maximum atomic E-state index is 14.1. The van der Waals surface area contributed by atoms with Gasteiger partial charge in [0.05, 0.1) is 42.7 Å². The van der Waals surface area contributed by atoms with Crippen LogP contribution >= 0.6 is 22.6 Å². The van der Waals surface area contributed by atoms with E-state index in [-0.39, 0.29) is 18.7 Å². The lowest BCUT2D eigenvalue weighted by molar-refractivity contribution is -0.149. The number of aliphatic carboxylic acids is 1. The van der Waals surface area contributed by atoms with Gasteiger partial charge in [0.25, 0.3) is 5.91 Å². The minimum Gasteiger partial charge on any atom is -0.481 e. The zero-order valence-corrected chi connectivity index (χ0v) is 15.7. The van der Waals surface area contributed by atoms with Gasteiger partial charge in [-0.05, 0) is 52.8 Å². The number of anilines is 2. The maximum Gasteiger partial charge on any atom is 0.305 e. The van der Waals surface area contributed by atoms with Gasteiger partial charge < -0.3 is 10.4 Å². The lowest BCUT2D eigenvalue weighted by Gasteiger charge is -2.28. The third-order valence-electron chi connectivity index (χ3n) is 3.81. The molecular weight excluding hydrogens is 456 g/mol. The second-order valence-electron chi connectivity index (χ2n) is 5.60. The molecule has 1 aliphatic heterocycles. The van der Waals surface area contributed by atoms with E-state index in [1.165, 1.54) is 12.3 Å². The van der Waals surface area contributed by atoms with Crippen molar-refractivity contribution >= 4 is 45.8 Å². The Labute approximate surface area is 162 Å². The van der Waals surface area contributed by atoms with Crippen LogP contribution in [0.15, 0.2) is 30.6 Å². The summed E-state index contributed by atoms with van der Waals surface area (Å²) in [5.74, 6) is -1.85. The van der Waals surface area contributed by atoms with E-state index in [9.17, 15) is 14.0 Å². The number of rotatable bonds is 6. The van der Waals surface area contributed by atoms with Crippen LogP contribution in [0.2, 0.25) is 0 Å². The number of carboxylic acid groups (broad SMARTS) is 1. The van der Waals surface area contributed by atoms with Gasteiger partial charge in [-0.1, -0.05) is 0 Å². The maximum absolute atomic E-state index is 14.1. The summed E-state index contributed by atoms with van der Waals surface area (Å²) in [5, 5.41) is 12.7. The van der Waals surface area contributed by atoms with Crippen molar-refractivity contribution in [2.24, 2.45) is 0 Å². The molecular formula is C17H15FIN3O4. The van der Waals surface area contributed by atoms with E-state index in [2.05, 4.69) is 10.3 Å². The van der Waals surface area contributed by atoms with Crippen LogP contribution in [-0.2, 0) is 16.1 Å². The second kappa shape index (κ2) is 7.96. The predicted octanol–water partition coefficient (Wildman–Crippen LogP) is 2.97. The molecule has 0 unspecified atom stereocenters. The Balaban J connectivity index is 1.84. The number of pyridine rings is 1. The third-order valence-corrected chi connectivity index (χ3v) is 4.48. The number of fused-ring (bicyclic) bond motifs is 1. The van der Waals surface area contributed by atoms with Crippen molar-refractivity contribution in [3.05, 3.63) is 51.1 Å². The van der Waals surface area contributed by atoms with Gasteiger partial charge in [-0.2, -0.15) is 0 Å². The number of hydroxylamine groups is 2. The first-order valence-corrected chi connectivity index (χ1v) is 8.89. The number of carbonyl (C=O) groups is 2. The molecule has 0 saturated heterocycles. The molecule has 9 heteroatoms. The van der Waals surface area contributed by atoms with Crippen molar-refractivity contribution in [2.45, 2.75) is 12.8 Å². The van der Waals surface area contributed by atoms with E-state index >= 15 is 0 Å². The monoisotopic (exact) mass is 471 g/mol. The van der Waals surface area contributed by atoms with Gasteiger partial charge in [-0.3, -0.25) is 19.4 Å². The van der Waals surface area contributed by atoms with Crippen molar-refractivity contribution in [3.63, 3.8) is 0 Å². The number of nitrogens with zero attached hydrogens (tertiary/aromatic N) is 2. The molecule has 2 aromatic rings. The molecule has 0 bridgehead atoms. The fourth-order valence-electron chi connectivity index (χ4n) is 2.59. The van der Waals surface area contributed by atoms with Crippen LogP contribution in [0.25, 0.3) is 0 Å². The van der Waals surface area contributed by atoms with E-state index in [1.54, 1.807) is 18.3 Å². The van der Waals surface area contributed by atoms with Crippen LogP contribution in [-0.4, -0.2) is 40.2 Å². The smallest absolute Gasteiger partial charge is 0.305 e. The number of aromatic nitrogens is 1. The van der Waals surface area contributed by atoms with Gasteiger partial charge in [-0.15, -0.1) is 0 Å². The molecule has 3 rings (SSSR count). The molecule has 1 aromatic heterocycles. The molecule has 26 heavy (non-hydrogen) atoms. The number of halogens is 2. The molecule has 0 aliphatic carbocycles. The van der Waals surface area contributed by atoms with Crippen molar-refractivity contribution in [1.82, 2.24) is 10.0 Å². The molecule has 1 aromatic carbocycles. The number of carbonyl (C=O) groups excluding carboxylic acids is 1. The SMILES string of the molecule is O=C(O)CCON1CCc2cncc(Nc3ccc(I)cc3F)c2C1=O. The van der Waals surface area contributed by atoms with Gasteiger partial charge in [0, 0.05) is 9.77 Å². The predicted molar refractivity (Wildman–Crippen MR) is 99.6 cm³/mol. The number of nitrogens with one attached hydrogen (secondary N) is 1. The second-order valence-corrected chi connectivity index (χ2v) is 6.85. The minimum atomic E-state index is -1.00. The average molecular weight is 471 g/mol. The van der Waals surface area contributed by atoms with Gasteiger partial charge in [-0.25, -0.2) is 9.45 Å². The topological polar surface area (TPSA) is 91.8 Å². The molecule has 0 atom stereocenters. The van der Waals surface area contributed by atoms with E-state index < -0.39 is 17.7 Å². The van der Waals surface area contributed by atoms with Gasteiger partial charge in [0.15, 0.2) is 0 Å². The van der Waals surface area contributed by atoms with Crippen molar-refractivity contribution < 1.29 is 23.9 Å². The Hall–Kier alpha value is -2.27. The summed E-state index contributed by atoms with van der Waals surface area (Å²) in [6, 6.07) is 4.72. The van der Waals surface area contributed by atoms with Crippen LogP contribution in [0.4, 0.5) is 15.8 Å². The molecule has 136 valence electrons. The standard InChI is InChI=1S/C17H15FIN3O4/c18-12-7-11(19)1-2-13(12)21-14-9-20-8-10-3-5-22(17(25)16(10)14)26-6-4-15(23)24/h1-2,7-9,21H,3-6H2,(H,23,24). The average Bonchev–Trinajstić information content (AvgIpc) is 2.59. The van der Waals surface area contributed by atoms with Crippen molar-refractivity contribution in [1.29, 1.82) is 0 Å². The van der Waals surface area contributed by atoms with Crippen molar-refractivity contribution in [2.75, 3.05) is 18.5 Å². The number of hydrogen-bond acceptors (Lipinski definition) is 5. The van der Waals surface area contributed by atoms with Crippen LogP contribution in [0.3, 0.4) is 0 Å². The molecule has 0 saturated carbocycles. The molecule has 0 fully saturated rings. The summed E-state index contributed by atoms with van der Waals surface area (Å²) in [5.41, 5.74) is 1.68. The van der Waals surface area contributed by atoms with E-state index in [1.807, 2.05) is 22.6 Å². The van der Waals surface area contributed by atoms with E-state index in [4.69, 9.17) is 9.94 Å². The first kappa shape index (κ1) is 18.5. The molecule has 1 amide bonds. The van der Waals surface area contributed by atoms with Gasteiger partial charge in [0.1, 0.15) is 5.82 Å². The lowest BCUT2D eigenvalue weighted by Crippen LogP contribution is -2.38. The zero-order valence-electron chi connectivity index (χ0n) is 13.5. The van der Waals surface area contributed by atoms with Gasteiger partial charge >= 0.3 is 5.97 Å². The van der Waals surface area contributed by atoms with Crippen molar-refractivity contribution in [3.8, 4) is 0 Å². The highest BCUT2D eigenvalue weighted by Crippen LogP contribution is 2.29. The van der Waals surface area contributed by atoms with E-state index in [0.717, 1.165) is 14.2 Å². The Morgan fingerprint density at radius 2 is 2.19 bits per heavy atom. The first-order chi connectivity index (χ1) is 12.5. The van der Waals surface area contributed by atoms with Crippen LogP contribution in [0, 0.1) is 9.39 Å². The Kier molecular flexibility index (Phi) is 5.67. The fraction of sp³-hybridized carbons (Fsp3) is 0.235. The lowest BCUT2D eigenvalue weighted by atomic mass is 10.0. The van der Waals surface area contributed by atoms with E-state index in [0.29, 0.717) is 24.2 Å². The highest BCUT2D eigenvalue weighted by Gasteiger charge is 2.28. The molecule has 2 N–H and O–H groups in total. The summed E-state index contributed by atoms with van der Waals surface area (Å²) >= 11 is 2.01. The highest BCUT2D eigenvalue weighted by atomic mass is 127. The molecule has 2 heterocycles. The molecule has 7 nitrogen and oxygen atoms in total. The summed E-state index contributed by atoms with van der Waals surface area (Å²) < 4.78 is 14.9. The summed E-state index contributed by atoms with van der Waals surface area (Å²) in [7, 11) is 0. The van der Waals surface area contributed by atoms with Crippen LogP contribution < -0.4 is 5.32 Å². The van der Waals surface area contributed by atoms with Crippen LogP contribution in [0.1, 0.15) is 22.3 Å². The first-order valence-electron chi connectivity index (χ1n) is 7.81. The summed E-state index contributed by atoms with van der Waals surface area (Å²) in [4.78, 5) is 32.7. The molecule has 0 spiro atoms. The van der Waals surface area contributed by atoms with Gasteiger partial charge in [0.2, 0.25) is 0 Å². The Morgan fingerprint density at radius 1 is 1.38 bits per heavy atom. The highest BCUT2D eigenvalue weighted by molar-refractivity contribution is 14.1. The number of carboxylic acids is 1. The Bertz CT molecular complexity index is 862. The number of hydrogen-bond donors (Lipinski definition) is 2. The number of amides is 1. The van der Waals surface area contributed by atoms with Crippen LogP contribution in [0.5, 0.6) is 0 Å². The zero-order chi connectivity index (χ0) is 18.7. The third kappa shape index (κ3) is 4.10. The molecule has 0 radical (unpaired) electrons. The largest absolute Gasteiger partial charge is 0.481 e. The fourth-order valence-corrected chi connectivity index (χ4v) is 3.04. The number of benzene rings is 1. The quantitative estimate of drug-likeness (QED) is 0.630. The summed E-state index contributed by atoms with van der Waals surface area (Å²) in [6.45, 7) is 0.199. The summed E-state index contributed by atoms with van der Waals surface area (Å²) in [6.07, 6.45) is 3.35. The Morgan fingerprint density at radius 3 is 2.92 bits per heavy atom. The molecule has 1 aliphatic rings. The normalized spacial score (nSPS) is 13.5.